The zero-order valence-corrected chi connectivity index (χ0v) is 15.0. The molecule has 3 fully saturated rings. The van der Waals surface area contributed by atoms with Crippen molar-refractivity contribution in [3.63, 3.8) is 0 Å². The third-order valence-electron chi connectivity index (χ3n) is 5.85. The zero-order chi connectivity index (χ0) is 16.9. The van der Waals surface area contributed by atoms with Crippen LogP contribution in [0.15, 0.2) is 29.2 Å². The first-order valence-electron chi connectivity index (χ1n) is 8.86. The van der Waals surface area contributed by atoms with Crippen LogP contribution in [-0.2, 0) is 10.0 Å². The first-order chi connectivity index (χ1) is 11.4. The molecule has 132 valence electrons. The highest BCUT2D eigenvalue weighted by molar-refractivity contribution is 7.89. The molecular formula is C18H26N2O3S. The molecule has 1 saturated carbocycles. The molecular weight excluding hydrogens is 324 g/mol. The predicted octanol–water partition coefficient (Wildman–Crippen LogP) is 1.46. The Labute approximate surface area is 144 Å². The SMILES string of the molecule is Cc1ccc(S(=O)(=O)N2CC3(C[C@@H](CO)CN3CC3CC3)C2)cc1. The fourth-order valence-corrected chi connectivity index (χ4v) is 5.81. The minimum Gasteiger partial charge on any atom is -0.396 e. The van der Waals surface area contributed by atoms with Gasteiger partial charge < -0.3 is 5.11 Å². The summed E-state index contributed by atoms with van der Waals surface area (Å²) in [5.74, 6) is 1.06. The van der Waals surface area contributed by atoms with Gasteiger partial charge in [0.2, 0.25) is 10.0 Å². The van der Waals surface area contributed by atoms with Gasteiger partial charge in [-0.15, -0.1) is 0 Å². The number of aliphatic hydroxyl groups excluding tert-OH is 1. The third-order valence-corrected chi connectivity index (χ3v) is 7.66. The van der Waals surface area contributed by atoms with Crippen molar-refractivity contribution in [2.24, 2.45) is 11.8 Å². The molecule has 0 bridgehead atoms. The van der Waals surface area contributed by atoms with Crippen LogP contribution in [0.3, 0.4) is 0 Å². The summed E-state index contributed by atoms with van der Waals surface area (Å²) in [4.78, 5) is 2.85. The molecule has 2 saturated heterocycles. The molecule has 0 amide bonds. The quantitative estimate of drug-likeness (QED) is 0.873. The van der Waals surface area contributed by atoms with Gasteiger partial charge in [-0.1, -0.05) is 17.7 Å². The smallest absolute Gasteiger partial charge is 0.243 e. The fourth-order valence-electron chi connectivity index (χ4n) is 4.21. The van der Waals surface area contributed by atoms with E-state index in [0.29, 0.717) is 18.0 Å². The third kappa shape index (κ3) is 2.79. The Morgan fingerprint density at radius 3 is 2.42 bits per heavy atom. The van der Waals surface area contributed by atoms with Crippen molar-refractivity contribution in [2.45, 2.75) is 36.6 Å². The van der Waals surface area contributed by atoms with Crippen molar-refractivity contribution in [1.82, 2.24) is 9.21 Å². The second-order valence-electron chi connectivity index (χ2n) is 7.91. The minimum atomic E-state index is -3.40. The van der Waals surface area contributed by atoms with Gasteiger partial charge >= 0.3 is 0 Å². The van der Waals surface area contributed by atoms with Gasteiger partial charge in [-0.05, 0) is 50.2 Å². The minimum absolute atomic E-state index is 0.0479. The maximum atomic E-state index is 12.8. The molecule has 1 aromatic carbocycles. The van der Waals surface area contributed by atoms with E-state index in [1.807, 2.05) is 19.1 Å². The molecule has 6 heteroatoms. The number of nitrogens with zero attached hydrogens (tertiary/aromatic N) is 2. The monoisotopic (exact) mass is 350 g/mol. The van der Waals surface area contributed by atoms with Crippen molar-refractivity contribution < 1.29 is 13.5 Å². The van der Waals surface area contributed by atoms with Gasteiger partial charge in [0.05, 0.1) is 4.90 Å². The maximum Gasteiger partial charge on any atom is 0.243 e. The molecule has 0 aromatic heterocycles. The van der Waals surface area contributed by atoms with Gasteiger partial charge in [-0.3, -0.25) is 4.90 Å². The van der Waals surface area contributed by atoms with Gasteiger partial charge in [-0.25, -0.2) is 8.42 Å². The van der Waals surface area contributed by atoms with Crippen LogP contribution < -0.4 is 0 Å². The lowest BCUT2D eigenvalue weighted by Gasteiger charge is -2.52. The van der Waals surface area contributed by atoms with Gasteiger partial charge in [0.1, 0.15) is 0 Å². The normalized spacial score (nSPS) is 27.5. The summed E-state index contributed by atoms with van der Waals surface area (Å²) in [6.07, 6.45) is 3.50. The lowest BCUT2D eigenvalue weighted by Crippen LogP contribution is -2.69. The summed E-state index contributed by atoms with van der Waals surface area (Å²) in [5.41, 5.74) is 1.01. The average molecular weight is 350 g/mol. The Bertz CT molecular complexity index is 706. The van der Waals surface area contributed by atoms with Crippen molar-refractivity contribution in [3.8, 4) is 0 Å². The second-order valence-corrected chi connectivity index (χ2v) is 9.85. The van der Waals surface area contributed by atoms with E-state index < -0.39 is 10.0 Å². The highest BCUT2D eigenvalue weighted by Crippen LogP contribution is 2.44. The van der Waals surface area contributed by atoms with Crippen LogP contribution >= 0.6 is 0 Å². The largest absolute Gasteiger partial charge is 0.396 e. The van der Waals surface area contributed by atoms with Gasteiger partial charge in [0.15, 0.2) is 0 Å². The van der Waals surface area contributed by atoms with Crippen LogP contribution in [0.4, 0.5) is 0 Å². The molecule has 1 spiro atoms. The highest BCUT2D eigenvalue weighted by Gasteiger charge is 2.56. The molecule has 1 N–H and O–H groups in total. The Morgan fingerprint density at radius 1 is 1.17 bits per heavy atom. The first-order valence-corrected chi connectivity index (χ1v) is 10.3. The van der Waals surface area contributed by atoms with Crippen LogP contribution in [0, 0.1) is 18.8 Å². The molecule has 5 nitrogen and oxygen atoms in total. The molecule has 1 aliphatic carbocycles. The number of aryl methyl sites for hydroxylation is 1. The molecule has 1 atom stereocenters. The van der Waals surface area contributed by atoms with E-state index in [0.717, 1.165) is 31.0 Å². The van der Waals surface area contributed by atoms with E-state index in [-0.39, 0.29) is 18.1 Å². The highest BCUT2D eigenvalue weighted by atomic mass is 32.2. The second kappa shape index (κ2) is 5.80. The van der Waals surface area contributed by atoms with Crippen molar-refractivity contribution in [2.75, 3.05) is 32.8 Å². The van der Waals surface area contributed by atoms with Crippen molar-refractivity contribution in [3.05, 3.63) is 29.8 Å². The molecule has 3 aliphatic rings. The van der Waals surface area contributed by atoms with E-state index >= 15 is 0 Å². The van der Waals surface area contributed by atoms with E-state index in [1.54, 1.807) is 16.4 Å². The van der Waals surface area contributed by atoms with Crippen LogP contribution in [-0.4, -0.2) is 61.1 Å². The maximum absolute atomic E-state index is 12.8. The molecule has 2 aliphatic heterocycles. The van der Waals surface area contributed by atoms with Crippen molar-refractivity contribution >= 4 is 10.0 Å². The van der Waals surface area contributed by atoms with E-state index in [4.69, 9.17) is 0 Å². The molecule has 2 heterocycles. The Hall–Kier alpha value is -0.950. The number of benzene rings is 1. The fraction of sp³-hybridized carbons (Fsp3) is 0.667. The van der Waals surface area contributed by atoms with Crippen LogP contribution in [0.2, 0.25) is 0 Å². The zero-order valence-electron chi connectivity index (χ0n) is 14.2. The Kier molecular flexibility index (Phi) is 3.99. The van der Waals surface area contributed by atoms with Gasteiger partial charge in [-0.2, -0.15) is 4.31 Å². The summed E-state index contributed by atoms with van der Waals surface area (Å²) in [5, 5.41) is 9.56. The summed E-state index contributed by atoms with van der Waals surface area (Å²) < 4.78 is 27.2. The lowest BCUT2D eigenvalue weighted by molar-refractivity contribution is 0.0168. The number of rotatable bonds is 5. The number of hydrogen-bond acceptors (Lipinski definition) is 4. The number of likely N-dealkylation sites (tertiary alicyclic amines) is 1. The molecule has 1 aromatic rings. The summed E-state index contributed by atoms with van der Waals surface area (Å²) in [6.45, 7) is 5.26. The van der Waals surface area contributed by atoms with Crippen LogP contribution in [0.25, 0.3) is 0 Å². The summed E-state index contributed by atoms with van der Waals surface area (Å²) in [7, 11) is -3.40. The van der Waals surface area contributed by atoms with Crippen LogP contribution in [0.5, 0.6) is 0 Å². The number of sulfonamides is 1. The van der Waals surface area contributed by atoms with E-state index in [2.05, 4.69) is 4.90 Å². The molecule has 0 radical (unpaired) electrons. The number of aliphatic hydroxyl groups is 1. The van der Waals surface area contributed by atoms with E-state index in [9.17, 15) is 13.5 Å². The molecule has 0 unspecified atom stereocenters. The first kappa shape index (κ1) is 16.5. The molecule has 24 heavy (non-hydrogen) atoms. The van der Waals surface area contributed by atoms with Crippen LogP contribution in [0.1, 0.15) is 24.8 Å². The van der Waals surface area contributed by atoms with Gasteiger partial charge in [0.25, 0.3) is 0 Å². The summed E-state index contributed by atoms with van der Waals surface area (Å²) in [6, 6.07) is 7.09. The Balaban J connectivity index is 1.50. The standard InChI is InChI=1S/C18H26N2O3S/c1-14-2-6-17(7-3-14)24(22,23)20-12-18(13-20)8-16(11-21)10-19(18)9-15-4-5-15/h2-3,6-7,15-16,21H,4-5,8-13H2,1H3/t16-/m1/s1. The predicted molar refractivity (Wildman–Crippen MR) is 92.2 cm³/mol. The Morgan fingerprint density at radius 2 is 1.83 bits per heavy atom. The summed E-state index contributed by atoms with van der Waals surface area (Å²) >= 11 is 0. The van der Waals surface area contributed by atoms with Crippen molar-refractivity contribution in [1.29, 1.82) is 0 Å². The average Bonchev–Trinajstić information content (AvgIpc) is 3.24. The number of hydrogen-bond donors (Lipinski definition) is 1. The van der Waals surface area contributed by atoms with Gasteiger partial charge in [0, 0.05) is 38.3 Å². The molecule has 4 rings (SSSR count). The van der Waals surface area contributed by atoms with E-state index in [1.165, 1.54) is 12.8 Å². The topological polar surface area (TPSA) is 60.9 Å². The lowest BCUT2D eigenvalue weighted by atomic mass is 9.86.